The third kappa shape index (κ3) is 4.01. The van der Waals surface area contributed by atoms with Crippen molar-refractivity contribution in [1.29, 1.82) is 0 Å². The van der Waals surface area contributed by atoms with Crippen LogP contribution in [0.5, 0.6) is 11.5 Å². The van der Waals surface area contributed by atoms with Crippen LogP contribution in [0.4, 0.5) is 0 Å². The first-order chi connectivity index (χ1) is 17.6. The van der Waals surface area contributed by atoms with Crippen molar-refractivity contribution in [3.63, 3.8) is 0 Å². The highest BCUT2D eigenvalue weighted by Crippen LogP contribution is 2.47. The van der Waals surface area contributed by atoms with Crippen LogP contribution in [0.2, 0.25) is 0 Å². The van der Waals surface area contributed by atoms with E-state index in [0.717, 1.165) is 39.3 Å². The van der Waals surface area contributed by atoms with Crippen LogP contribution in [0.3, 0.4) is 0 Å². The summed E-state index contributed by atoms with van der Waals surface area (Å²) in [6.07, 6.45) is 0.423. The molecule has 4 aromatic carbocycles. The standard InChI is InChI=1S/C31H29NO4/c1-35-27-16-12-25(13-17-27)31(24-10-4-3-5-11-24,26-14-18-28(36-2)19-15-26)32-21-23-9-7-6-8-22(23)20-29(32)30(33)34/h3-19,29H,20-21H2,1-2H3,(H,33,34). The van der Waals surface area contributed by atoms with Crippen molar-refractivity contribution in [2.75, 3.05) is 14.2 Å². The van der Waals surface area contributed by atoms with Crippen molar-refractivity contribution >= 4 is 5.97 Å². The molecule has 0 fully saturated rings. The molecule has 1 aliphatic heterocycles. The zero-order valence-electron chi connectivity index (χ0n) is 20.4. The molecule has 0 spiro atoms. The predicted molar refractivity (Wildman–Crippen MR) is 139 cm³/mol. The number of hydrogen-bond donors (Lipinski definition) is 1. The number of carbonyl (C=O) groups is 1. The summed E-state index contributed by atoms with van der Waals surface area (Å²) in [5.74, 6) is 0.648. The van der Waals surface area contributed by atoms with Gasteiger partial charge in [0.2, 0.25) is 0 Å². The topological polar surface area (TPSA) is 59.0 Å². The van der Waals surface area contributed by atoms with Crippen LogP contribution in [0, 0.1) is 0 Å². The van der Waals surface area contributed by atoms with Gasteiger partial charge in [-0.1, -0.05) is 78.9 Å². The van der Waals surface area contributed by atoms with E-state index in [2.05, 4.69) is 23.1 Å². The molecular weight excluding hydrogens is 450 g/mol. The molecule has 5 nitrogen and oxygen atoms in total. The van der Waals surface area contributed by atoms with Crippen LogP contribution in [0.15, 0.2) is 103 Å². The molecule has 0 aromatic heterocycles. The Labute approximate surface area is 211 Å². The van der Waals surface area contributed by atoms with Crippen molar-refractivity contribution in [3.8, 4) is 11.5 Å². The van der Waals surface area contributed by atoms with Crippen molar-refractivity contribution in [3.05, 3.63) is 131 Å². The molecule has 5 heteroatoms. The second-order valence-electron chi connectivity index (χ2n) is 8.99. The minimum Gasteiger partial charge on any atom is -0.497 e. The minimum absolute atomic E-state index is 0.423. The summed E-state index contributed by atoms with van der Waals surface area (Å²) in [4.78, 5) is 15.0. The van der Waals surface area contributed by atoms with Gasteiger partial charge < -0.3 is 14.6 Å². The summed E-state index contributed by atoms with van der Waals surface area (Å²) in [5.41, 5.74) is 4.25. The van der Waals surface area contributed by atoms with Gasteiger partial charge in [0.1, 0.15) is 17.5 Å². The minimum atomic E-state index is -0.879. The number of fused-ring (bicyclic) bond motifs is 1. The van der Waals surface area contributed by atoms with Crippen LogP contribution >= 0.6 is 0 Å². The van der Waals surface area contributed by atoms with Gasteiger partial charge in [-0.2, -0.15) is 0 Å². The third-order valence-corrected chi connectivity index (χ3v) is 7.17. The Morgan fingerprint density at radius 2 is 1.19 bits per heavy atom. The Bertz CT molecular complexity index is 1290. The summed E-state index contributed by atoms with van der Waals surface area (Å²) in [7, 11) is 3.29. The van der Waals surface area contributed by atoms with Crippen LogP contribution in [0.1, 0.15) is 27.8 Å². The molecule has 1 N–H and O–H groups in total. The van der Waals surface area contributed by atoms with Gasteiger partial charge in [0.25, 0.3) is 0 Å². The molecule has 1 unspecified atom stereocenters. The van der Waals surface area contributed by atoms with E-state index in [4.69, 9.17) is 9.47 Å². The number of methoxy groups -OCH3 is 2. The van der Waals surface area contributed by atoms with E-state index in [1.165, 1.54) is 0 Å². The fraction of sp³-hybridized carbons (Fsp3) is 0.194. The van der Waals surface area contributed by atoms with E-state index in [1.807, 2.05) is 84.9 Å². The second-order valence-corrected chi connectivity index (χ2v) is 8.99. The van der Waals surface area contributed by atoms with E-state index in [9.17, 15) is 9.90 Å². The highest BCUT2D eigenvalue weighted by atomic mass is 16.5. The van der Waals surface area contributed by atoms with Gasteiger partial charge >= 0.3 is 5.97 Å². The molecule has 1 heterocycles. The summed E-state index contributed by atoms with van der Waals surface area (Å²) in [6.45, 7) is 0.486. The van der Waals surface area contributed by atoms with E-state index in [1.54, 1.807) is 14.2 Å². The summed E-state index contributed by atoms with van der Waals surface area (Å²) < 4.78 is 10.9. The summed E-state index contributed by atoms with van der Waals surface area (Å²) in [5, 5.41) is 10.5. The molecule has 0 saturated heterocycles. The Morgan fingerprint density at radius 3 is 1.69 bits per heavy atom. The van der Waals surface area contributed by atoms with Crippen molar-refractivity contribution in [1.82, 2.24) is 4.90 Å². The van der Waals surface area contributed by atoms with Crippen LogP contribution in [-0.2, 0) is 23.3 Å². The first-order valence-electron chi connectivity index (χ1n) is 12.0. The molecule has 5 rings (SSSR count). The molecule has 36 heavy (non-hydrogen) atoms. The van der Waals surface area contributed by atoms with Crippen LogP contribution in [0.25, 0.3) is 0 Å². The quantitative estimate of drug-likeness (QED) is 0.355. The van der Waals surface area contributed by atoms with Gasteiger partial charge in [-0.3, -0.25) is 9.69 Å². The van der Waals surface area contributed by atoms with E-state index < -0.39 is 17.6 Å². The van der Waals surface area contributed by atoms with Crippen molar-refractivity contribution in [2.45, 2.75) is 24.5 Å². The maximum atomic E-state index is 12.8. The van der Waals surface area contributed by atoms with Gasteiger partial charge in [-0.25, -0.2) is 0 Å². The SMILES string of the molecule is COc1ccc(C(c2ccccc2)(c2ccc(OC)cc2)N2Cc3ccccc3CC2C(=O)O)cc1. The smallest absolute Gasteiger partial charge is 0.321 e. The zero-order valence-corrected chi connectivity index (χ0v) is 20.4. The van der Waals surface area contributed by atoms with Crippen LogP contribution < -0.4 is 9.47 Å². The second kappa shape index (κ2) is 9.88. The highest BCUT2D eigenvalue weighted by molar-refractivity contribution is 5.75. The number of carboxylic acid groups (broad SMARTS) is 1. The van der Waals surface area contributed by atoms with Gasteiger partial charge in [-0.05, 0) is 58.5 Å². The molecule has 0 aliphatic carbocycles. The Morgan fingerprint density at radius 1 is 0.722 bits per heavy atom. The molecular formula is C31H29NO4. The molecule has 0 saturated carbocycles. The lowest BCUT2D eigenvalue weighted by Gasteiger charge is -2.50. The van der Waals surface area contributed by atoms with Crippen LogP contribution in [-0.4, -0.2) is 36.2 Å². The molecule has 1 atom stereocenters. The highest BCUT2D eigenvalue weighted by Gasteiger charge is 2.48. The van der Waals surface area contributed by atoms with Gasteiger partial charge in [0.05, 0.1) is 19.8 Å². The molecule has 4 aromatic rings. The number of benzene rings is 4. The third-order valence-electron chi connectivity index (χ3n) is 7.17. The number of carboxylic acids is 1. The number of ether oxygens (including phenoxy) is 2. The largest absolute Gasteiger partial charge is 0.497 e. The zero-order chi connectivity index (χ0) is 25.1. The van der Waals surface area contributed by atoms with E-state index in [-0.39, 0.29) is 0 Å². The number of nitrogens with zero attached hydrogens (tertiary/aromatic N) is 1. The van der Waals surface area contributed by atoms with E-state index in [0.29, 0.717) is 13.0 Å². The number of aliphatic carboxylic acids is 1. The molecule has 0 amide bonds. The first kappa shape index (κ1) is 23.6. The van der Waals surface area contributed by atoms with Gasteiger partial charge in [0.15, 0.2) is 0 Å². The predicted octanol–water partition coefficient (Wildman–Crippen LogP) is 5.51. The van der Waals surface area contributed by atoms with Crippen molar-refractivity contribution in [2.24, 2.45) is 0 Å². The maximum Gasteiger partial charge on any atom is 0.321 e. The maximum absolute atomic E-state index is 12.8. The lowest BCUT2D eigenvalue weighted by Crippen LogP contribution is -2.57. The number of hydrogen-bond acceptors (Lipinski definition) is 4. The lowest BCUT2D eigenvalue weighted by molar-refractivity contribution is -0.146. The average Bonchev–Trinajstić information content (AvgIpc) is 2.94. The van der Waals surface area contributed by atoms with Crippen molar-refractivity contribution < 1.29 is 19.4 Å². The molecule has 1 aliphatic rings. The lowest BCUT2D eigenvalue weighted by atomic mass is 9.73. The fourth-order valence-corrected chi connectivity index (χ4v) is 5.44. The Hall–Kier alpha value is -4.09. The molecule has 182 valence electrons. The summed E-state index contributed by atoms with van der Waals surface area (Å²) in [6, 6.07) is 33.4. The van der Waals surface area contributed by atoms with Gasteiger partial charge in [0, 0.05) is 6.54 Å². The average molecular weight is 480 g/mol. The number of rotatable bonds is 7. The van der Waals surface area contributed by atoms with Gasteiger partial charge in [-0.15, -0.1) is 0 Å². The fourth-order valence-electron chi connectivity index (χ4n) is 5.44. The van der Waals surface area contributed by atoms with E-state index >= 15 is 0 Å². The summed E-state index contributed by atoms with van der Waals surface area (Å²) >= 11 is 0. The molecule has 0 radical (unpaired) electrons. The monoisotopic (exact) mass is 479 g/mol. The normalized spacial score (nSPS) is 15.7. The molecule has 0 bridgehead atoms. The first-order valence-corrected chi connectivity index (χ1v) is 12.0. The Balaban J connectivity index is 1.84. The Kier molecular flexibility index (Phi) is 6.49.